The molecule has 0 radical (unpaired) electrons. The molecule has 0 bridgehead atoms. The van der Waals surface area contributed by atoms with E-state index < -0.39 is 5.54 Å². The van der Waals surface area contributed by atoms with Crippen LogP contribution in [0.25, 0.3) is 0 Å². The molecule has 1 saturated heterocycles. The van der Waals surface area contributed by atoms with Crippen LogP contribution in [0.3, 0.4) is 0 Å². The Balaban J connectivity index is 2.46. The van der Waals surface area contributed by atoms with Crippen LogP contribution in [0.1, 0.15) is 206 Å². The van der Waals surface area contributed by atoms with Gasteiger partial charge >= 0.3 is 0 Å². The fourth-order valence-corrected chi connectivity index (χ4v) is 7.64. The van der Waals surface area contributed by atoms with E-state index in [1.165, 1.54) is 116 Å². The largest absolute Gasteiger partial charge is 0.381 e. The molecule has 1 aliphatic heterocycles. The number of rotatable bonds is 36. The molecule has 1 unspecified atom stereocenters. The molecule has 1 rings (SSSR count). The predicted octanol–water partition coefficient (Wildman–Crippen LogP) is 12.7. The Morgan fingerprint density at radius 1 is 0.574 bits per heavy atom. The van der Waals surface area contributed by atoms with Crippen LogP contribution in [-0.4, -0.2) is 74.1 Å². The van der Waals surface area contributed by atoms with Gasteiger partial charge in [-0.2, -0.15) is 0 Å². The van der Waals surface area contributed by atoms with Gasteiger partial charge in [-0.15, -0.1) is 0 Å². The first-order valence-corrected chi connectivity index (χ1v) is 23.2. The lowest BCUT2D eigenvalue weighted by Gasteiger charge is -2.42. The average Bonchev–Trinajstić information content (AvgIpc) is 3.43. The lowest BCUT2D eigenvalue weighted by molar-refractivity contribution is -0.149. The number of ether oxygens (including phenoxy) is 1. The number of amides is 2. The fraction of sp³-hybridized carbons (Fsp3) is 0.833. The number of nitrogens with zero attached hydrogens (tertiary/aromatic N) is 2. The lowest BCUT2D eigenvalue weighted by Crippen LogP contribution is -2.61. The van der Waals surface area contributed by atoms with Gasteiger partial charge in [-0.1, -0.05) is 140 Å². The summed E-state index contributed by atoms with van der Waals surface area (Å²) in [6, 6.07) is 0. The topological polar surface area (TPSA) is 61.9 Å². The summed E-state index contributed by atoms with van der Waals surface area (Å²) >= 11 is 0. The third kappa shape index (κ3) is 26.8. The zero-order valence-corrected chi connectivity index (χ0v) is 36.3. The number of hydrogen-bond donors (Lipinski definition) is 1. The zero-order valence-electron chi connectivity index (χ0n) is 36.3. The lowest BCUT2D eigenvalue weighted by atomic mass is 9.86. The number of allylic oxidation sites excluding steroid dienone is 6. The minimum atomic E-state index is -0.806. The van der Waals surface area contributed by atoms with Crippen molar-refractivity contribution in [1.82, 2.24) is 15.1 Å². The molecule has 0 aromatic heterocycles. The standard InChI is InChI=1S/C48H89N3O3/c1-5-7-9-11-13-15-17-19-21-23-25-27-29-31-33-35-41-49-47(53)48(39-36-44-54-45-40-48)51(43-37-42-50(3)4)46(52)38-34-32-30-28-26-24-22-20-18-16-14-12-10-8-6-2/h14,16,19-22H,5-13,15,17-18,23-45H2,1-4H3,(H,49,53)/b16-14-,21-19-,22-20-. The van der Waals surface area contributed by atoms with Gasteiger partial charge in [0.25, 0.3) is 0 Å². The van der Waals surface area contributed by atoms with E-state index >= 15 is 0 Å². The van der Waals surface area contributed by atoms with Crippen LogP contribution in [0.2, 0.25) is 0 Å². The highest BCUT2D eigenvalue weighted by Gasteiger charge is 2.45. The number of unbranched alkanes of at least 4 members (excludes halogenated alkanes) is 20. The highest BCUT2D eigenvalue weighted by molar-refractivity contribution is 5.91. The van der Waals surface area contributed by atoms with Crippen molar-refractivity contribution < 1.29 is 14.3 Å². The van der Waals surface area contributed by atoms with Gasteiger partial charge in [0.05, 0.1) is 0 Å². The Morgan fingerprint density at radius 2 is 1.07 bits per heavy atom. The molecule has 6 heteroatoms. The van der Waals surface area contributed by atoms with Crippen molar-refractivity contribution in [3.63, 3.8) is 0 Å². The maximum absolute atomic E-state index is 14.1. The highest BCUT2D eigenvalue weighted by atomic mass is 16.5. The van der Waals surface area contributed by atoms with Gasteiger partial charge in [-0.25, -0.2) is 0 Å². The third-order valence-corrected chi connectivity index (χ3v) is 11.1. The zero-order chi connectivity index (χ0) is 39.2. The smallest absolute Gasteiger partial charge is 0.246 e. The molecule has 0 aromatic rings. The fourth-order valence-electron chi connectivity index (χ4n) is 7.64. The minimum Gasteiger partial charge on any atom is -0.381 e. The number of nitrogens with one attached hydrogen (secondary N) is 1. The first-order valence-electron chi connectivity index (χ1n) is 23.2. The van der Waals surface area contributed by atoms with Crippen LogP contribution in [0.15, 0.2) is 36.5 Å². The number of carbonyl (C=O) groups excluding carboxylic acids is 2. The van der Waals surface area contributed by atoms with Gasteiger partial charge in [0.2, 0.25) is 11.8 Å². The Bertz CT molecular complexity index is 951. The minimum absolute atomic E-state index is 0.0407. The van der Waals surface area contributed by atoms with E-state index in [0.717, 1.165) is 64.3 Å². The molecule has 1 aliphatic rings. The van der Waals surface area contributed by atoms with E-state index in [0.29, 0.717) is 45.6 Å². The van der Waals surface area contributed by atoms with Crippen molar-refractivity contribution in [2.24, 2.45) is 0 Å². The molecule has 1 fully saturated rings. The van der Waals surface area contributed by atoms with E-state index in [2.05, 4.69) is 74.6 Å². The molecular formula is C48H89N3O3. The summed E-state index contributed by atoms with van der Waals surface area (Å²) in [6.45, 7) is 7.93. The molecule has 314 valence electrons. The van der Waals surface area contributed by atoms with Crippen molar-refractivity contribution in [2.45, 2.75) is 212 Å². The summed E-state index contributed by atoms with van der Waals surface area (Å²) in [5.74, 6) is 0.188. The second kappa shape index (κ2) is 36.7. The van der Waals surface area contributed by atoms with Crippen LogP contribution in [-0.2, 0) is 14.3 Å². The molecule has 1 N–H and O–H groups in total. The molecular weight excluding hydrogens is 667 g/mol. The van der Waals surface area contributed by atoms with Crippen molar-refractivity contribution in [1.29, 1.82) is 0 Å². The van der Waals surface area contributed by atoms with Gasteiger partial charge in [0.1, 0.15) is 5.54 Å². The summed E-state index contributed by atoms with van der Waals surface area (Å²) < 4.78 is 5.86. The third-order valence-electron chi connectivity index (χ3n) is 11.1. The van der Waals surface area contributed by atoms with Gasteiger partial charge in [0.15, 0.2) is 0 Å². The summed E-state index contributed by atoms with van der Waals surface area (Å²) in [5, 5.41) is 3.31. The molecule has 0 aliphatic carbocycles. The van der Waals surface area contributed by atoms with E-state index in [9.17, 15) is 9.59 Å². The molecule has 0 spiro atoms. The maximum Gasteiger partial charge on any atom is 0.246 e. The Kier molecular flexibility index (Phi) is 34.1. The normalized spacial score (nSPS) is 16.6. The van der Waals surface area contributed by atoms with Crippen LogP contribution in [0.4, 0.5) is 0 Å². The van der Waals surface area contributed by atoms with Gasteiger partial charge in [-0.05, 0) is 111 Å². The van der Waals surface area contributed by atoms with Crippen molar-refractivity contribution in [2.75, 3.05) is 46.9 Å². The summed E-state index contributed by atoms with van der Waals surface area (Å²) in [5.41, 5.74) is -0.806. The Labute approximate surface area is 335 Å². The number of hydrogen-bond acceptors (Lipinski definition) is 4. The van der Waals surface area contributed by atoms with E-state index in [-0.39, 0.29) is 11.8 Å². The monoisotopic (exact) mass is 756 g/mol. The number of carbonyl (C=O) groups is 2. The van der Waals surface area contributed by atoms with Crippen molar-refractivity contribution in [3.8, 4) is 0 Å². The first-order chi connectivity index (χ1) is 26.5. The van der Waals surface area contributed by atoms with Gasteiger partial charge in [-0.3, -0.25) is 9.59 Å². The van der Waals surface area contributed by atoms with Crippen LogP contribution in [0.5, 0.6) is 0 Å². The second-order valence-electron chi connectivity index (χ2n) is 16.4. The quantitative estimate of drug-likeness (QED) is 0.0511. The summed E-state index contributed by atoms with van der Waals surface area (Å²) in [7, 11) is 4.15. The van der Waals surface area contributed by atoms with Gasteiger partial charge in [0, 0.05) is 39.1 Å². The average molecular weight is 756 g/mol. The maximum atomic E-state index is 14.1. The van der Waals surface area contributed by atoms with Crippen molar-refractivity contribution >= 4 is 11.8 Å². The molecule has 0 saturated carbocycles. The second-order valence-corrected chi connectivity index (χ2v) is 16.4. The Hall–Kier alpha value is -1.92. The molecule has 6 nitrogen and oxygen atoms in total. The van der Waals surface area contributed by atoms with E-state index in [1.54, 1.807) is 0 Å². The van der Waals surface area contributed by atoms with E-state index in [4.69, 9.17) is 4.74 Å². The first kappa shape index (κ1) is 50.1. The van der Waals surface area contributed by atoms with E-state index in [1.807, 2.05) is 4.90 Å². The molecule has 1 atom stereocenters. The van der Waals surface area contributed by atoms with Crippen molar-refractivity contribution in [3.05, 3.63) is 36.5 Å². The van der Waals surface area contributed by atoms with Crippen LogP contribution < -0.4 is 5.32 Å². The summed E-state index contributed by atoms with van der Waals surface area (Å²) in [4.78, 5) is 32.2. The SMILES string of the molecule is CCCCC/C=C\C/C=C\CCCCCCCC(=O)N(CCCN(C)C)C1(C(=O)NCCCCCCCC/C=C\CCCCCCCC)CCCOCC1. The molecule has 1 heterocycles. The molecule has 0 aromatic carbocycles. The molecule has 2 amide bonds. The van der Waals surface area contributed by atoms with Gasteiger partial charge < -0.3 is 19.9 Å². The van der Waals surface area contributed by atoms with Crippen LogP contribution >= 0.6 is 0 Å². The van der Waals surface area contributed by atoms with Crippen LogP contribution in [0, 0.1) is 0 Å². The Morgan fingerprint density at radius 3 is 1.67 bits per heavy atom. The summed E-state index contributed by atoms with van der Waals surface area (Å²) in [6.07, 6.45) is 48.2. The predicted molar refractivity (Wildman–Crippen MR) is 234 cm³/mol. The molecule has 54 heavy (non-hydrogen) atoms. The highest BCUT2D eigenvalue weighted by Crippen LogP contribution is 2.31.